The summed E-state index contributed by atoms with van der Waals surface area (Å²) in [5.74, 6) is 0.553. The molecule has 30 heavy (non-hydrogen) atoms. The van der Waals surface area contributed by atoms with E-state index in [0.717, 1.165) is 5.56 Å². The molecule has 0 unspecified atom stereocenters. The molecule has 0 fully saturated rings. The molecule has 0 aliphatic carbocycles. The van der Waals surface area contributed by atoms with Gasteiger partial charge in [-0.15, -0.1) is 0 Å². The van der Waals surface area contributed by atoms with E-state index >= 15 is 0 Å². The fraction of sp³-hybridized carbons (Fsp3) is 0.0455. The molecule has 0 aromatic heterocycles. The number of benzene rings is 3. The third-order valence-electron chi connectivity index (χ3n) is 4.20. The highest BCUT2D eigenvalue weighted by molar-refractivity contribution is 6.44. The fourth-order valence-corrected chi connectivity index (χ4v) is 3.32. The largest absolute Gasteiger partial charge is 0.489 e. The smallest absolute Gasteiger partial charge is 0.269 e. The highest BCUT2D eigenvalue weighted by atomic mass is 35.5. The van der Waals surface area contributed by atoms with Gasteiger partial charge in [0.05, 0.1) is 26.6 Å². The number of allylic oxidation sites excluding steroid dienone is 1. The summed E-state index contributed by atoms with van der Waals surface area (Å²) in [6.45, 7) is 0.124. The normalized spacial score (nSPS) is 11.1. The number of halogens is 3. The first-order chi connectivity index (χ1) is 14.4. The van der Waals surface area contributed by atoms with Crippen LogP contribution in [0.5, 0.6) is 5.75 Å². The molecule has 0 aliphatic heterocycles. The molecule has 0 aliphatic rings. The maximum absolute atomic E-state index is 10.8. The molecule has 0 radical (unpaired) electrons. The zero-order chi connectivity index (χ0) is 21.7. The van der Waals surface area contributed by atoms with Crippen molar-refractivity contribution in [2.24, 2.45) is 0 Å². The van der Waals surface area contributed by atoms with E-state index < -0.39 is 4.92 Å². The van der Waals surface area contributed by atoms with E-state index in [0.29, 0.717) is 37.5 Å². The topological polar surface area (TPSA) is 76.2 Å². The summed E-state index contributed by atoms with van der Waals surface area (Å²) in [4.78, 5) is 10.3. The van der Waals surface area contributed by atoms with Gasteiger partial charge < -0.3 is 4.74 Å². The Morgan fingerprint density at radius 1 is 1.07 bits per heavy atom. The van der Waals surface area contributed by atoms with Gasteiger partial charge in [0.15, 0.2) is 0 Å². The molecular weight excluding hydrogens is 447 g/mol. The van der Waals surface area contributed by atoms with Crippen LogP contribution in [0, 0.1) is 21.4 Å². The molecule has 8 heteroatoms. The van der Waals surface area contributed by atoms with Gasteiger partial charge in [0.2, 0.25) is 0 Å². The minimum Gasteiger partial charge on any atom is -0.489 e. The molecule has 0 saturated heterocycles. The molecule has 0 heterocycles. The number of ether oxygens (including phenoxy) is 1. The van der Waals surface area contributed by atoms with Crippen molar-refractivity contribution >= 4 is 52.1 Å². The maximum atomic E-state index is 10.8. The lowest BCUT2D eigenvalue weighted by Gasteiger charge is -2.11. The summed E-state index contributed by atoms with van der Waals surface area (Å²) < 4.78 is 5.80. The average molecular weight is 460 g/mol. The molecular formula is C22H13Cl3N2O3. The average Bonchev–Trinajstić information content (AvgIpc) is 2.75. The van der Waals surface area contributed by atoms with Crippen LogP contribution < -0.4 is 4.74 Å². The van der Waals surface area contributed by atoms with E-state index in [-0.39, 0.29) is 12.3 Å². The van der Waals surface area contributed by atoms with Crippen LogP contribution in [-0.2, 0) is 6.61 Å². The lowest BCUT2D eigenvalue weighted by molar-refractivity contribution is -0.384. The number of nitro groups is 1. The van der Waals surface area contributed by atoms with Crippen LogP contribution in [0.2, 0.25) is 15.1 Å². The summed E-state index contributed by atoms with van der Waals surface area (Å²) in [6, 6.07) is 18.3. The van der Waals surface area contributed by atoms with Crippen molar-refractivity contribution in [1.82, 2.24) is 0 Å². The second kappa shape index (κ2) is 9.64. The number of nitrogens with zero attached hydrogens (tertiary/aromatic N) is 2. The van der Waals surface area contributed by atoms with Crippen molar-refractivity contribution in [3.8, 4) is 11.8 Å². The minimum atomic E-state index is -0.487. The van der Waals surface area contributed by atoms with E-state index in [4.69, 9.17) is 39.5 Å². The molecule has 3 aromatic carbocycles. The van der Waals surface area contributed by atoms with Crippen LogP contribution in [-0.4, -0.2) is 4.92 Å². The van der Waals surface area contributed by atoms with Crippen LogP contribution in [0.25, 0.3) is 11.6 Å². The Morgan fingerprint density at radius 3 is 2.43 bits per heavy atom. The van der Waals surface area contributed by atoms with Gasteiger partial charge in [-0.25, -0.2) is 0 Å². The Hall–Kier alpha value is -3.04. The number of nitro benzene ring substituents is 1. The van der Waals surface area contributed by atoms with E-state index in [1.807, 2.05) is 6.07 Å². The Balaban J connectivity index is 1.81. The highest BCUT2D eigenvalue weighted by Crippen LogP contribution is 2.32. The van der Waals surface area contributed by atoms with E-state index in [1.54, 1.807) is 36.4 Å². The number of hydrogen-bond acceptors (Lipinski definition) is 4. The fourth-order valence-electron chi connectivity index (χ4n) is 2.66. The van der Waals surface area contributed by atoms with Crippen LogP contribution in [0.15, 0.2) is 60.7 Å². The second-order valence-corrected chi connectivity index (χ2v) is 7.35. The van der Waals surface area contributed by atoms with E-state index in [1.165, 1.54) is 24.3 Å². The zero-order valence-electron chi connectivity index (χ0n) is 15.3. The first-order valence-electron chi connectivity index (χ1n) is 8.61. The molecule has 0 atom stereocenters. The Morgan fingerprint density at radius 2 is 1.77 bits per heavy atom. The Kier molecular flexibility index (Phi) is 6.96. The molecule has 0 amide bonds. The lowest BCUT2D eigenvalue weighted by atomic mass is 10.0. The van der Waals surface area contributed by atoms with Crippen LogP contribution in [0.1, 0.15) is 16.7 Å². The van der Waals surface area contributed by atoms with Crippen molar-refractivity contribution in [2.75, 3.05) is 0 Å². The van der Waals surface area contributed by atoms with Crippen LogP contribution in [0.3, 0.4) is 0 Å². The lowest BCUT2D eigenvalue weighted by Crippen LogP contribution is -1.98. The summed E-state index contributed by atoms with van der Waals surface area (Å²) in [6.07, 6.45) is 1.67. The third kappa shape index (κ3) is 5.11. The molecule has 150 valence electrons. The number of non-ortho nitro benzene ring substituents is 1. The summed E-state index contributed by atoms with van der Waals surface area (Å²) >= 11 is 18.4. The van der Waals surface area contributed by atoms with E-state index in [2.05, 4.69) is 6.07 Å². The zero-order valence-corrected chi connectivity index (χ0v) is 17.6. The minimum absolute atomic E-state index is 0.0372. The third-order valence-corrected chi connectivity index (χ3v) is 5.40. The second-order valence-electron chi connectivity index (χ2n) is 6.16. The summed E-state index contributed by atoms with van der Waals surface area (Å²) in [5, 5.41) is 21.5. The van der Waals surface area contributed by atoms with Crippen molar-refractivity contribution in [3.63, 3.8) is 0 Å². The monoisotopic (exact) mass is 458 g/mol. The Bertz CT molecular complexity index is 1170. The Labute approximate surface area is 187 Å². The van der Waals surface area contributed by atoms with Gasteiger partial charge in [0, 0.05) is 22.7 Å². The van der Waals surface area contributed by atoms with Gasteiger partial charge in [-0.2, -0.15) is 5.26 Å². The van der Waals surface area contributed by atoms with Crippen molar-refractivity contribution < 1.29 is 9.66 Å². The standard InChI is InChI=1S/C22H13Cl3N2O3/c23-20-8-9-21(24)22(25)19(20)13-30-18-3-1-2-14(11-18)10-16(12-26)15-4-6-17(7-5-15)27(28)29/h1-11H,13H2. The molecule has 0 bridgehead atoms. The van der Waals surface area contributed by atoms with Crippen molar-refractivity contribution in [3.05, 3.63) is 103 Å². The quantitative estimate of drug-likeness (QED) is 0.128. The van der Waals surface area contributed by atoms with Gasteiger partial charge in [-0.3, -0.25) is 10.1 Å². The maximum Gasteiger partial charge on any atom is 0.269 e. The molecule has 0 spiro atoms. The highest BCUT2D eigenvalue weighted by Gasteiger charge is 2.11. The predicted molar refractivity (Wildman–Crippen MR) is 119 cm³/mol. The number of nitriles is 1. The summed E-state index contributed by atoms with van der Waals surface area (Å²) in [5.41, 5.74) is 2.21. The summed E-state index contributed by atoms with van der Waals surface area (Å²) in [7, 11) is 0. The van der Waals surface area contributed by atoms with Gasteiger partial charge in [-0.1, -0.05) is 46.9 Å². The first kappa shape index (κ1) is 21.7. The molecule has 3 rings (SSSR count). The van der Waals surface area contributed by atoms with Crippen LogP contribution >= 0.6 is 34.8 Å². The number of rotatable bonds is 6. The van der Waals surface area contributed by atoms with Gasteiger partial charge in [0.1, 0.15) is 12.4 Å². The van der Waals surface area contributed by atoms with E-state index in [9.17, 15) is 15.4 Å². The van der Waals surface area contributed by atoms with Crippen molar-refractivity contribution in [2.45, 2.75) is 6.61 Å². The van der Waals surface area contributed by atoms with Crippen molar-refractivity contribution in [1.29, 1.82) is 5.26 Å². The molecule has 0 N–H and O–H groups in total. The predicted octanol–water partition coefficient (Wildman–Crippen LogP) is 7.20. The van der Waals surface area contributed by atoms with Gasteiger partial charge in [-0.05, 0) is 53.6 Å². The SMILES string of the molecule is N#CC(=Cc1cccc(OCc2c(Cl)ccc(Cl)c2Cl)c1)c1ccc([N+](=O)[O-])cc1. The van der Waals surface area contributed by atoms with Crippen LogP contribution in [0.4, 0.5) is 5.69 Å². The molecule has 0 saturated carbocycles. The van der Waals surface area contributed by atoms with Gasteiger partial charge in [0.25, 0.3) is 5.69 Å². The number of hydrogen-bond donors (Lipinski definition) is 0. The molecule has 5 nitrogen and oxygen atoms in total. The first-order valence-corrected chi connectivity index (χ1v) is 9.74. The van der Waals surface area contributed by atoms with Gasteiger partial charge >= 0.3 is 0 Å². The molecule has 3 aromatic rings.